The number of nitrogens with one attached hydrogen (secondary N) is 1. The van der Waals surface area contributed by atoms with E-state index in [-0.39, 0.29) is 24.6 Å². The Morgan fingerprint density at radius 1 is 1.23 bits per heavy atom. The Hall–Kier alpha value is -2.01. The predicted octanol–water partition coefficient (Wildman–Crippen LogP) is -1.94. The first-order valence-electron chi connectivity index (χ1n) is 9.47. The van der Waals surface area contributed by atoms with Gasteiger partial charge in [0, 0.05) is 31.9 Å². The summed E-state index contributed by atoms with van der Waals surface area (Å²) in [5.74, 6) is -0.0517. The van der Waals surface area contributed by atoms with Crippen molar-refractivity contribution in [3.8, 4) is 0 Å². The van der Waals surface area contributed by atoms with Gasteiger partial charge in [0.1, 0.15) is 9.79 Å². The van der Waals surface area contributed by atoms with Gasteiger partial charge >= 0.3 is 0 Å². The highest BCUT2D eigenvalue weighted by atomic mass is 32.2. The highest BCUT2D eigenvalue weighted by molar-refractivity contribution is 7.92. The molecule has 15 heteroatoms. The SMILES string of the molecule is NC[C@@H](O)CNS(=O)(=O)c1ccc(N2CCC(O)CC2)c(C2=NCN=N2)c1S(N)(=O)=O. The average molecular weight is 476 g/mol. The van der Waals surface area contributed by atoms with E-state index in [9.17, 15) is 27.0 Å². The molecule has 0 saturated carbocycles. The van der Waals surface area contributed by atoms with Crippen LogP contribution in [0.5, 0.6) is 0 Å². The lowest BCUT2D eigenvalue weighted by Crippen LogP contribution is -2.38. The largest absolute Gasteiger partial charge is 0.393 e. The topological polar surface area (TPSA) is 213 Å². The molecule has 1 aromatic carbocycles. The zero-order valence-electron chi connectivity index (χ0n) is 16.5. The van der Waals surface area contributed by atoms with Gasteiger partial charge in [0.05, 0.1) is 17.8 Å². The molecule has 0 radical (unpaired) electrons. The van der Waals surface area contributed by atoms with Gasteiger partial charge in [-0.25, -0.2) is 31.7 Å². The number of azo groups is 1. The third-order valence-electron chi connectivity index (χ3n) is 4.93. The molecule has 0 unspecified atom stereocenters. The van der Waals surface area contributed by atoms with Gasteiger partial charge in [0.2, 0.25) is 20.0 Å². The molecule has 0 spiro atoms. The van der Waals surface area contributed by atoms with E-state index in [1.165, 1.54) is 6.07 Å². The highest BCUT2D eigenvalue weighted by Crippen LogP contribution is 2.35. The van der Waals surface area contributed by atoms with Crippen LogP contribution in [0.3, 0.4) is 0 Å². The number of benzene rings is 1. The molecule has 0 amide bonds. The van der Waals surface area contributed by atoms with Crippen molar-refractivity contribution in [2.75, 3.05) is 37.7 Å². The van der Waals surface area contributed by atoms with Gasteiger partial charge in [0.25, 0.3) is 0 Å². The Balaban J connectivity index is 2.20. The van der Waals surface area contributed by atoms with E-state index in [0.29, 0.717) is 31.6 Å². The second-order valence-electron chi connectivity index (χ2n) is 7.16. The minimum absolute atomic E-state index is 0.0323. The van der Waals surface area contributed by atoms with Crippen LogP contribution < -0.4 is 20.5 Å². The summed E-state index contributed by atoms with van der Waals surface area (Å²) < 4.78 is 53.1. The second-order valence-corrected chi connectivity index (χ2v) is 10.4. The van der Waals surface area contributed by atoms with E-state index >= 15 is 0 Å². The first-order valence-corrected chi connectivity index (χ1v) is 12.5. The van der Waals surface area contributed by atoms with E-state index in [1.54, 1.807) is 0 Å². The first-order chi connectivity index (χ1) is 14.5. The quantitative estimate of drug-likeness (QED) is 0.284. The minimum Gasteiger partial charge on any atom is -0.393 e. The number of rotatable bonds is 8. The summed E-state index contributed by atoms with van der Waals surface area (Å²) in [6, 6.07) is 2.58. The van der Waals surface area contributed by atoms with Gasteiger partial charge in [0.15, 0.2) is 12.5 Å². The lowest BCUT2D eigenvalue weighted by Gasteiger charge is -2.33. The van der Waals surface area contributed by atoms with Gasteiger partial charge in [-0.1, -0.05) is 0 Å². The van der Waals surface area contributed by atoms with Crippen LogP contribution >= 0.6 is 0 Å². The number of nitrogens with two attached hydrogens (primary N) is 2. The summed E-state index contributed by atoms with van der Waals surface area (Å²) in [7, 11) is -8.96. The summed E-state index contributed by atoms with van der Waals surface area (Å²) >= 11 is 0. The van der Waals surface area contributed by atoms with Crippen molar-refractivity contribution < 1.29 is 27.0 Å². The molecule has 3 rings (SSSR count). The third-order valence-corrected chi connectivity index (χ3v) is 7.52. The smallest absolute Gasteiger partial charge is 0.242 e. The van der Waals surface area contributed by atoms with E-state index < -0.39 is 48.6 Å². The zero-order valence-corrected chi connectivity index (χ0v) is 18.2. The summed E-state index contributed by atoms with van der Waals surface area (Å²) in [4.78, 5) is 4.63. The maximum Gasteiger partial charge on any atom is 0.242 e. The van der Waals surface area contributed by atoms with Crippen molar-refractivity contribution in [2.45, 2.75) is 34.8 Å². The van der Waals surface area contributed by atoms with Gasteiger partial charge < -0.3 is 20.8 Å². The fourth-order valence-corrected chi connectivity index (χ4v) is 6.03. The number of sulfonamides is 2. The fourth-order valence-electron chi connectivity index (χ4n) is 3.36. The van der Waals surface area contributed by atoms with Crippen LogP contribution in [-0.4, -0.2) is 77.9 Å². The molecule has 2 aliphatic heterocycles. The van der Waals surface area contributed by atoms with E-state index in [1.807, 2.05) is 4.90 Å². The Labute approximate surface area is 180 Å². The second kappa shape index (κ2) is 9.23. The summed E-state index contributed by atoms with van der Waals surface area (Å²) in [6.07, 6.45) is -0.717. The highest BCUT2D eigenvalue weighted by Gasteiger charge is 2.34. The predicted molar refractivity (Wildman–Crippen MR) is 112 cm³/mol. The molecule has 0 aliphatic carbocycles. The molecule has 7 N–H and O–H groups in total. The Morgan fingerprint density at radius 3 is 2.45 bits per heavy atom. The van der Waals surface area contributed by atoms with Crippen molar-refractivity contribution in [3.05, 3.63) is 17.7 Å². The Morgan fingerprint density at radius 2 is 1.90 bits per heavy atom. The van der Waals surface area contributed by atoms with Crippen LogP contribution in [0.1, 0.15) is 18.4 Å². The monoisotopic (exact) mass is 475 g/mol. The van der Waals surface area contributed by atoms with Crippen LogP contribution in [-0.2, 0) is 20.0 Å². The number of piperidine rings is 1. The molecule has 0 bridgehead atoms. The molecule has 13 nitrogen and oxygen atoms in total. The fraction of sp³-hybridized carbons (Fsp3) is 0.562. The molecule has 2 heterocycles. The van der Waals surface area contributed by atoms with Crippen molar-refractivity contribution in [2.24, 2.45) is 26.1 Å². The molecule has 31 heavy (non-hydrogen) atoms. The van der Waals surface area contributed by atoms with Crippen LogP contribution in [0.25, 0.3) is 0 Å². The molecular weight excluding hydrogens is 450 g/mol. The molecular formula is C16H25N7O6S2. The molecule has 1 saturated heterocycles. The maximum absolute atomic E-state index is 12.9. The maximum atomic E-state index is 12.9. The number of aliphatic hydroxyl groups excluding tert-OH is 2. The minimum atomic E-state index is -4.57. The van der Waals surface area contributed by atoms with Crippen molar-refractivity contribution in [1.82, 2.24) is 4.72 Å². The van der Waals surface area contributed by atoms with Crippen molar-refractivity contribution in [1.29, 1.82) is 0 Å². The van der Waals surface area contributed by atoms with E-state index in [4.69, 9.17) is 10.9 Å². The van der Waals surface area contributed by atoms with Gasteiger partial charge in [-0.15, -0.1) is 5.11 Å². The Bertz CT molecular complexity index is 1100. The van der Waals surface area contributed by atoms with Gasteiger partial charge in [-0.2, -0.15) is 5.11 Å². The number of aliphatic hydroxyl groups is 2. The van der Waals surface area contributed by atoms with Crippen LogP contribution in [0.2, 0.25) is 0 Å². The number of aliphatic imine (C=N–C) groups is 1. The molecule has 1 aromatic rings. The molecule has 0 aromatic heterocycles. The van der Waals surface area contributed by atoms with Crippen molar-refractivity contribution in [3.63, 3.8) is 0 Å². The zero-order chi connectivity index (χ0) is 22.8. The van der Waals surface area contributed by atoms with Crippen LogP contribution in [0.4, 0.5) is 5.69 Å². The summed E-state index contributed by atoms with van der Waals surface area (Å²) in [5, 5.41) is 32.4. The summed E-state index contributed by atoms with van der Waals surface area (Å²) in [5.41, 5.74) is 5.60. The number of anilines is 1. The standard InChI is InChI=1S/C16H25N7O6S2/c17-7-11(25)8-21-31(28,29)13-2-1-12(23-5-3-10(24)4-6-23)14(15(13)30(18,26)27)16-19-9-20-22-16/h1-2,10-11,21,24-25H,3-9,17H2,(H2,18,26,27)/t11-/m1/s1. The Kier molecular flexibility index (Phi) is 7.04. The normalized spacial score (nSPS) is 19.0. The number of primary sulfonamides is 1. The van der Waals surface area contributed by atoms with Crippen LogP contribution in [0, 0.1) is 0 Å². The van der Waals surface area contributed by atoms with Gasteiger partial charge in [-0.3, -0.25) is 0 Å². The number of hydrogen-bond donors (Lipinski definition) is 5. The first kappa shape index (κ1) is 23.6. The van der Waals surface area contributed by atoms with Crippen molar-refractivity contribution >= 4 is 31.6 Å². The lowest BCUT2D eigenvalue weighted by atomic mass is 10.0. The number of hydrogen-bond acceptors (Lipinski definition) is 11. The number of amidine groups is 1. The van der Waals surface area contributed by atoms with Crippen LogP contribution in [0.15, 0.2) is 37.1 Å². The molecule has 1 atom stereocenters. The molecule has 1 fully saturated rings. The van der Waals surface area contributed by atoms with E-state index in [0.717, 1.165) is 6.07 Å². The summed E-state index contributed by atoms with van der Waals surface area (Å²) in [6.45, 7) is 0.193. The number of nitrogens with zero attached hydrogens (tertiary/aromatic N) is 4. The average Bonchev–Trinajstić information content (AvgIpc) is 3.25. The molecule has 172 valence electrons. The lowest BCUT2D eigenvalue weighted by molar-refractivity contribution is 0.145. The van der Waals surface area contributed by atoms with E-state index in [2.05, 4.69) is 19.9 Å². The molecule has 2 aliphatic rings. The third kappa shape index (κ3) is 5.25. The van der Waals surface area contributed by atoms with Gasteiger partial charge in [-0.05, 0) is 25.0 Å².